The van der Waals surface area contributed by atoms with E-state index >= 15 is 0 Å². The normalized spacial score (nSPS) is 14.8. The lowest BCUT2D eigenvalue weighted by Gasteiger charge is -2.38. The topological polar surface area (TPSA) is 73.3 Å². The van der Waals surface area contributed by atoms with E-state index in [-0.39, 0.29) is 18.1 Å². The number of amides is 2. The SMILES string of the molecule is CCN(C(=O)c1ccccc1OC(CCN(C)C(=O)O)c1ccccc1)C1CCN(CCc2ccccc2)CC1. The molecule has 212 valence electrons. The summed E-state index contributed by atoms with van der Waals surface area (Å²) in [5.74, 6) is 0.508. The highest BCUT2D eigenvalue weighted by Gasteiger charge is 2.29. The number of likely N-dealkylation sites (tertiary alicyclic amines) is 1. The molecular formula is C33H41N3O4. The van der Waals surface area contributed by atoms with Gasteiger partial charge in [-0.15, -0.1) is 0 Å². The smallest absolute Gasteiger partial charge is 0.407 e. The number of carbonyl (C=O) groups is 2. The molecule has 40 heavy (non-hydrogen) atoms. The van der Waals surface area contributed by atoms with Crippen LogP contribution in [0.3, 0.4) is 0 Å². The van der Waals surface area contributed by atoms with Gasteiger partial charge in [-0.2, -0.15) is 0 Å². The summed E-state index contributed by atoms with van der Waals surface area (Å²) in [4.78, 5) is 31.0. The monoisotopic (exact) mass is 543 g/mol. The third-order valence-electron chi connectivity index (χ3n) is 7.77. The van der Waals surface area contributed by atoms with E-state index in [2.05, 4.69) is 35.2 Å². The maximum absolute atomic E-state index is 13.9. The van der Waals surface area contributed by atoms with Crippen LogP contribution in [0, 0.1) is 0 Å². The van der Waals surface area contributed by atoms with Gasteiger partial charge in [0.25, 0.3) is 5.91 Å². The molecule has 0 aromatic heterocycles. The largest absolute Gasteiger partial charge is 0.485 e. The Morgan fingerprint density at radius 3 is 2.23 bits per heavy atom. The second-order valence-corrected chi connectivity index (χ2v) is 10.4. The van der Waals surface area contributed by atoms with Crippen LogP contribution in [0.5, 0.6) is 5.75 Å². The van der Waals surface area contributed by atoms with Crippen LogP contribution in [0.25, 0.3) is 0 Å². The number of nitrogens with zero attached hydrogens (tertiary/aromatic N) is 3. The molecule has 7 nitrogen and oxygen atoms in total. The van der Waals surface area contributed by atoms with Gasteiger partial charge >= 0.3 is 6.09 Å². The molecular weight excluding hydrogens is 502 g/mol. The molecule has 1 heterocycles. The third-order valence-corrected chi connectivity index (χ3v) is 7.77. The summed E-state index contributed by atoms with van der Waals surface area (Å²) in [6.45, 7) is 5.98. The average molecular weight is 544 g/mol. The predicted octanol–water partition coefficient (Wildman–Crippen LogP) is 5.98. The van der Waals surface area contributed by atoms with Gasteiger partial charge in [-0.25, -0.2) is 4.79 Å². The number of benzene rings is 3. The van der Waals surface area contributed by atoms with Crippen LogP contribution < -0.4 is 4.74 Å². The molecule has 0 spiro atoms. The number of rotatable bonds is 12. The molecule has 7 heteroatoms. The highest BCUT2D eigenvalue weighted by atomic mass is 16.5. The minimum atomic E-state index is -0.980. The summed E-state index contributed by atoms with van der Waals surface area (Å²) in [6.07, 6.45) is 2.04. The summed E-state index contributed by atoms with van der Waals surface area (Å²) < 4.78 is 6.48. The minimum absolute atomic E-state index is 0.0182. The zero-order chi connectivity index (χ0) is 28.3. The van der Waals surface area contributed by atoms with Gasteiger partial charge in [-0.1, -0.05) is 72.8 Å². The van der Waals surface area contributed by atoms with E-state index in [1.165, 1.54) is 10.5 Å². The number of para-hydroxylation sites is 1. The van der Waals surface area contributed by atoms with E-state index in [4.69, 9.17) is 4.74 Å². The van der Waals surface area contributed by atoms with Crippen LogP contribution in [0.2, 0.25) is 0 Å². The van der Waals surface area contributed by atoms with Crippen molar-refractivity contribution in [1.82, 2.24) is 14.7 Å². The van der Waals surface area contributed by atoms with Crippen LogP contribution in [0.4, 0.5) is 4.79 Å². The van der Waals surface area contributed by atoms with Gasteiger partial charge in [-0.3, -0.25) is 4.79 Å². The molecule has 0 bridgehead atoms. The lowest BCUT2D eigenvalue weighted by Crippen LogP contribution is -2.47. The molecule has 0 saturated carbocycles. The van der Waals surface area contributed by atoms with E-state index in [1.807, 2.05) is 66.4 Å². The van der Waals surface area contributed by atoms with Crippen LogP contribution in [0.1, 0.15) is 53.8 Å². The van der Waals surface area contributed by atoms with E-state index in [9.17, 15) is 14.7 Å². The van der Waals surface area contributed by atoms with Crippen molar-refractivity contribution in [2.45, 2.75) is 44.8 Å². The Labute approximate surface area is 238 Å². The van der Waals surface area contributed by atoms with Crippen LogP contribution >= 0.6 is 0 Å². The Hall–Kier alpha value is -3.84. The van der Waals surface area contributed by atoms with Crippen molar-refractivity contribution in [3.05, 3.63) is 102 Å². The van der Waals surface area contributed by atoms with Gasteiger partial charge in [0.1, 0.15) is 11.9 Å². The lowest BCUT2D eigenvalue weighted by atomic mass is 10.0. The molecule has 3 aromatic carbocycles. The summed E-state index contributed by atoms with van der Waals surface area (Å²) in [7, 11) is 1.55. The Bertz CT molecular complexity index is 1210. The Morgan fingerprint density at radius 1 is 0.950 bits per heavy atom. The first-order chi connectivity index (χ1) is 19.5. The fraction of sp³-hybridized carbons (Fsp3) is 0.394. The summed E-state index contributed by atoms with van der Waals surface area (Å²) in [5, 5.41) is 9.31. The van der Waals surface area contributed by atoms with Crippen molar-refractivity contribution in [3.63, 3.8) is 0 Å². The number of piperidine rings is 1. The second-order valence-electron chi connectivity index (χ2n) is 10.4. The van der Waals surface area contributed by atoms with Gasteiger partial charge in [0, 0.05) is 52.2 Å². The molecule has 1 aliphatic rings. The van der Waals surface area contributed by atoms with Gasteiger partial charge in [0.05, 0.1) is 5.56 Å². The number of ether oxygens (including phenoxy) is 1. The molecule has 2 amide bonds. The third kappa shape index (κ3) is 7.85. The fourth-order valence-corrected chi connectivity index (χ4v) is 5.38. The van der Waals surface area contributed by atoms with Crippen LogP contribution in [-0.4, -0.2) is 77.6 Å². The molecule has 3 aromatic rings. The molecule has 1 aliphatic heterocycles. The fourth-order valence-electron chi connectivity index (χ4n) is 5.38. The zero-order valence-corrected chi connectivity index (χ0v) is 23.6. The van der Waals surface area contributed by atoms with E-state index in [1.54, 1.807) is 7.05 Å². The maximum Gasteiger partial charge on any atom is 0.407 e. The maximum atomic E-state index is 13.9. The molecule has 1 unspecified atom stereocenters. The average Bonchev–Trinajstić information content (AvgIpc) is 3.00. The zero-order valence-electron chi connectivity index (χ0n) is 23.6. The standard InChI is InChI=1S/C33H41N3O4/c1-3-36(28-19-24-35(25-20-28)23-18-26-12-6-4-7-13-26)32(37)29-16-10-11-17-31(29)40-30(21-22-34(2)33(38)39)27-14-8-5-9-15-27/h4-17,28,30H,3,18-25H2,1-2H3,(H,38,39). The van der Waals surface area contributed by atoms with Crippen molar-refractivity contribution < 1.29 is 19.4 Å². The van der Waals surface area contributed by atoms with Gasteiger partial charge in [-0.05, 0) is 49.4 Å². The minimum Gasteiger partial charge on any atom is -0.485 e. The molecule has 0 radical (unpaired) electrons. The van der Waals surface area contributed by atoms with E-state index in [0.717, 1.165) is 44.5 Å². The number of hydrogen-bond acceptors (Lipinski definition) is 4. The molecule has 0 aliphatic carbocycles. The molecule has 1 saturated heterocycles. The molecule has 1 N–H and O–H groups in total. The lowest BCUT2D eigenvalue weighted by molar-refractivity contribution is 0.0581. The first-order valence-electron chi connectivity index (χ1n) is 14.3. The van der Waals surface area contributed by atoms with Gasteiger partial charge in [0.15, 0.2) is 0 Å². The summed E-state index contributed by atoms with van der Waals surface area (Å²) in [5.41, 5.74) is 2.84. The van der Waals surface area contributed by atoms with Crippen molar-refractivity contribution in [2.24, 2.45) is 0 Å². The summed E-state index contributed by atoms with van der Waals surface area (Å²) >= 11 is 0. The predicted molar refractivity (Wildman–Crippen MR) is 158 cm³/mol. The van der Waals surface area contributed by atoms with Crippen molar-refractivity contribution in [3.8, 4) is 5.75 Å². The summed E-state index contributed by atoms with van der Waals surface area (Å²) in [6, 6.07) is 27.9. The molecule has 1 atom stereocenters. The van der Waals surface area contributed by atoms with Crippen molar-refractivity contribution >= 4 is 12.0 Å². The highest BCUT2D eigenvalue weighted by Crippen LogP contribution is 2.30. The molecule has 1 fully saturated rings. The number of carbonyl (C=O) groups excluding carboxylic acids is 1. The Kier molecular flexibility index (Phi) is 10.6. The first-order valence-corrected chi connectivity index (χ1v) is 14.3. The molecule has 4 rings (SSSR count). The van der Waals surface area contributed by atoms with Crippen molar-refractivity contribution in [1.29, 1.82) is 0 Å². The van der Waals surface area contributed by atoms with E-state index in [0.29, 0.717) is 30.8 Å². The first kappa shape index (κ1) is 29.2. The Balaban J connectivity index is 1.43. The highest BCUT2D eigenvalue weighted by molar-refractivity contribution is 5.97. The van der Waals surface area contributed by atoms with Crippen LogP contribution in [-0.2, 0) is 6.42 Å². The van der Waals surface area contributed by atoms with Gasteiger partial charge < -0.3 is 24.5 Å². The van der Waals surface area contributed by atoms with Gasteiger partial charge in [0.2, 0.25) is 0 Å². The van der Waals surface area contributed by atoms with Crippen molar-refractivity contribution in [2.75, 3.05) is 39.8 Å². The Morgan fingerprint density at radius 2 is 1.57 bits per heavy atom. The number of hydrogen-bond donors (Lipinski definition) is 1. The van der Waals surface area contributed by atoms with Crippen LogP contribution in [0.15, 0.2) is 84.9 Å². The second kappa shape index (κ2) is 14.5. The quantitative estimate of drug-likeness (QED) is 0.304. The van der Waals surface area contributed by atoms with E-state index < -0.39 is 6.09 Å². The number of carboxylic acid groups (broad SMARTS) is 1.